The van der Waals surface area contributed by atoms with Crippen molar-refractivity contribution in [2.45, 2.75) is 19.0 Å². The van der Waals surface area contributed by atoms with Crippen LogP contribution < -0.4 is 9.80 Å². The van der Waals surface area contributed by atoms with Crippen LogP contribution in [0.2, 0.25) is 0 Å². The Labute approximate surface area is 181 Å². The maximum Gasteiger partial charge on any atom is 0.266 e. The number of pyridine rings is 1. The first kappa shape index (κ1) is 20.6. The van der Waals surface area contributed by atoms with E-state index in [-0.39, 0.29) is 11.8 Å². The van der Waals surface area contributed by atoms with Crippen LogP contribution >= 0.6 is 0 Å². The zero-order valence-electron chi connectivity index (χ0n) is 17.7. The van der Waals surface area contributed by atoms with E-state index in [9.17, 15) is 9.59 Å². The van der Waals surface area contributed by atoms with Crippen LogP contribution in [-0.2, 0) is 17.9 Å². The predicted octanol–water partition coefficient (Wildman–Crippen LogP) is 2.27. The molecule has 0 fully saturated rings. The van der Waals surface area contributed by atoms with Gasteiger partial charge in [0.05, 0.1) is 26.6 Å². The Morgan fingerprint density at radius 2 is 1.68 bits per heavy atom. The van der Waals surface area contributed by atoms with E-state index >= 15 is 0 Å². The second-order valence-electron chi connectivity index (χ2n) is 7.87. The number of imide groups is 1. The summed E-state index contributed by atoms with van der Waals surface area (Å²) in [5.41, 5.74) is 3.55. The van der Waals surface area contributed by atoms with E-state index in [0.717, 1.165) is 17.0 Å². The number of carbonyl (C=O) groups is 2. The average Bonchev–Trinajstić information content (AvgIpc) is 2.77. The zero-order chi connectivity index (χ0) is 21.8. The summed E-state index contributed by atoms with van der Waals surface area (Å²) in [6.07, 6.45) is 3.24. The number of quaternary nitrogens is 1. The summed E-state index contributed by atoms with van der Waals surface area (Å²) in [6.45, 7) is 1.38. The number of hydrogen-bond donors (Lipinski definition) is 1. The van der Waals surface area contributed by atoms with Gasteiger partial charge in [0.25, 0.3) is 5.91 Å². The van der Waals surface area contributed by atoms with Crippen molar-refractivity contribution in [1.82, 2.24) is 4.98 Å². The monoisotopic (exact) mass is 413 g/mol. The van der Waals surface area contributed by atoms with Crippen LogP contribution in [0.3, 0.4) is 0 Å². The van der Waals surface area contributed by atoms with Crippen LogP contribution in [0.15, 0.2) is 77.9 Å². The molecule has 2 amide bonds. The van der Waals surface area contributed by atoms with Gasteiger partial charge in [0.15, 0.2) is 0 Å². The first-order valence-corrected chi connectivity index (χ1v) is 10.3. The summed E-state index contributed by atoms with van der Waals surface area (Å²) in [5.74, 6) is -1.01. The van der Waals surface area contributed by atoms with E-state index in [1.807, 2.05) is 24.3 Å². The zero-order valence-corrected chi connectivity index (χ0v) is 17.7. The molecule has 0 radical (unpaired) electrons. The van der Waals surface area contributed by atoms with E-state index in [0.29, 0.717) is 23.5 Å². The largest absolute Gasteiger partial charge is 0.336 e. The summed E-state index contributed by atoms with van der Waals surface area (Å²) in [5, 5.41) is 0. The summed E-state index contributed by atoms with van der Waals surface area (Å²) in [4.78, 5) is 37.7. The molecule has 6 nitrogen and oxygen atoms in total. The van der Waals surface area contributed by atoms with Gasteiger partial charge < -0.3 is 4.90 Å². The van der Waals surface area contributed by atoms with Crippen LogP contribution in [-0.4, -0.2) is 37.1 Å². The minimum atomic E-state index is -0.637. The third kappa shape index (κ3) is 4.29. The number of nitrogens with one attached hydrogen (secondary N) is 1. The van der Waals surface area contributed by atoms with Crippen molar-refractivity contribution in [3.63, 3.8) is 0 Å². The van der Waals surface area contributed by atoms with Crippen molar-refractivity contribution >= 4 is 23.8 Å². The van der Waals surface area contributed by atoms with Gasteiger partial charge in [-0.05, 0) is 29.3 Å². The molecule has 1 unspecified atom stereocenters. The van der Waals surface area contributed by atoms with Gasteiger partial charge in [0.2, 0.25) is 5.91 Å². The Morgan fingerprint density at radius 1 is 0.968 bits per heavy atom. The summed E-state index contributed by atoms with van der Waals surface area (Å²) in [6, 6.07) is 20.6. The third-order valence-electron chi connectivity index (χ3n) is 5.27. The number of hydrogen-bond acceptors (Lipinski definition) is 4. The molecule has 0 saturated heterocycles. The highest BCUT2D eigenvalue weighted by Crippen LogP contribution is 2.31. The Balaban J connectivity index is 1.65. The Bertz CT molecular complexity index is 1130. The lowest BCUT2D eigenvalue weighted by molar-refractivity contribution is -0.872. The molecule has 0 aliphatic carbocycles. The standard InChI is InChI=1S/C25H24N4O2/c1-28(2)17-19-10-4-3-9-18(19)15-26-16-22-20-11-5-6-12-21(20)24(30)29(25(22)31)23-13-7-8-14-27-23/h3-14,16,22H,15,17H2,1-2H3/p+1. The molecule has 2 aromatic carbocycles. The van der Waals surface area contributed by atoms with Crippen LogP contribution in [0.4, 0.5) is 5.82 Å². The van der Waals surface area contributed by atoms with Crippen LogP contribution in [0.25, 0.3) is 0 Å². The normalized spacial score (nSPS) is 16.2. The van der Waals surface area contributed by atoms with Gasteiger partial charge in [-0.25, -0.2) is 9.88 Å². The van der Waals surface area contributed by atoms with E-state index in [2.05, 4.69) is 36.2 Å². The molecule has 31 heavy (non-hydrogen) atoms. The number of aromatic nitrogens is 1. The highest BCUT2D eigenvalue weighted by molar-refractivity contribution is 6.28. The van der Waals surface area contributed by atoms with Crippen molar-refractivity contribution in [3.05, 3.63) is 95.2 Å². The molecule has 0 spiro atoms. The molecule has 2 heterocycles. The fourth-order valence-corrected chi connectivity index (χ4v) is 3.82. The maximum atomic E-state index is 13.3. The first-order valence-electron chi connectivity index (χ1n) is 10.3. The molecule has 1 aromatic heterocycles. The van der Waals surface area contributed by atoms with Crippen molar-refractivity contribution < 1.29 is 14.5 Å². The van der Waals surface area contributed by atoms with Crippen LogP contribution in [0, 0.1) is 0 Å². The lowest BCUT2D eigenvalue weighted by Gasteiger charge is -2.30. The quantitative estimate of drug-likeness (QED) is 0.498. The van der Waals surface area contributed by atoms with Crippen molar-refractivity contribution in [2.24, 2.45) is 4.99 Å². The number of carbonyl (C=O) groups excluding carboxylic acids is 2. The Kier molecular flexibility index (Phi) is 6.00. The average molecular weight is 414 g/mol. The third-order valence-corrected chi connectivity index (χ3v) is 5.27. The fraction of sp³-hybridized carbons (Fsp3) is 0.200. The van der Waals surface area contributed by atoms with Gasteiger partial charge >= 0.3 is 0 Å². The van der Waals surface area contributed by atoms with Crippen molar-refractivity contribution in [2.75, 3.05) is 19.0 Å². The smallest absolute Gasteiger partial charge is 0.266 e. The fourth-order valence-electron chi connectivity index (χ4n) is 3.82. The van der Waals surface area contributed by atoms with Gasteiger partial charge in [-0.3, -0.25) is 14.6 Å². The lowest BCUT2D eigenvalue weighted by atomic mass is 9.89. The number of anilines is 1. The van der Waals surface area contributed by atoms with Gasteiger partial charge in [-0.2, -0.15) is 0 Å². The van der Waals surface area contributed by atoms with Crippen LogP contribution in [0.1, 0.15) is 33.0 Å². The minimum Gasteiger partial charge on any atom is -0.336 e. The number of benzene rings is 2. The Hall–Kier alpha value is -3.64. The lowest BCUT2D eigenvalue weighted by Crippen LogP contribution is -3.04. The van der Waals surface area contributed by atoms with E-state index in [1.165, 1.54) is 10.5 Å². The molecular formula is C25H25N4O2+. The molecule has 6 heteroatoms. The minimum absolute atomic E-state index is 0.324. The number of fused-ring (bicyclic) bond motifs is 1. The molecule has 0 bridgehead atoms. The Morgan fingerprint density at radius 3 is 2.42 bits per heavy atom. The molecule has 156 valence electrons. The second-order valence-corrected chi connectivity index (χ2v) is 7.87. The van der Waals surface area contributed by atoms with E-state index < -0.39 is 5.92 Å². The summed E-state index contributed by atoms with van der Waals surface area (Å²) < 4.78 is 0. The highest BCUT2D eigenvalue weighted by Gasteiger charge is 2.39. The second kappa shape index (κ2) is 9.02. The summed E-state index contributed by atoms with van der Waals surface area (Å²) >= 11 is 0. The SMILES string of the molecule is C[NH+](C)Cc1ccccc1CN=CC1C(=O)N(c2ccccn2)C(=O)c2ccccc21. The van der Waals surface area contributed by atoms with Crippen LogP contribution in [0.5, 0.6) is 0 Å². The molecule has 3 aromatic rings. The molecular weight excluding hydrogens is 388 g/mol. The summed E-state index contributed by atoms with van der Waals surface area (Å²) in [7, 11) is 4.22. The van der Waals surface area contributed by atoms with E-state index in [1.54, 1.807) is 42.7 Å². The first-order chi connectivity index (χ1) is 15.1. The van der Waals surface area contributed by atoms with Gasteiger partial charge in [0, 0.05) is 23.5 Å². The molecule has 1 aliphatic heterocycles. The molecule has 1 N–H and O–H groups in total. The number of rotatable bonds is 6. The topological polar surface area (TPSA) is 67.1 Å². The van der Waals surface area contributed by atoms with Gasteiger partial charge in [-0.1, -0.05) is 48.5 Å². The molecule has 0 saturated carbocycles. The van der Waals surface area contributed by atoms with Crippen molar-refractivity contribution in [3.8, 4) is 0 Å². The van der Waals surface area contributed by atoms with Gasteiger partial charge in [0.1, 0.15) is 12.4 Å². The van der Waals surface area contributed by atoms with Gasteiger partial charge in [-0.15, -0.1) is 0 Å². The predicted molar refractivity (Wildman–Crippen MR) is 120 cm³/mol. The van der Waals surface area contributed by atoms with E-state index in [4.69, 9.17) is 0 Å². The number of amides is 2. The molecule has 1 aliphatic rings. The highest BCUT2D eigenvalue weighted by atomic mass is 16.2. The number of aliphatic imine (C=N–C) groups is 1. The molecule has 1 atom stereocenters. The van der Waals surface area contributed by atoms with Crippen molar-refractivity contribution in [1.29, 1.82) is 0 Å². The maximum absolute atomic E-state index is 13.3. The molecule has 4 rings (SSSR count). The number of nitrogens with zero attached hydrogens (tertiary/aromatic N) is 3.